The van der Waals surface area contributed by atoms with Crippen LogP contribution in [0.25, 0.3) is 11.1 Å². The standard InChI is InChI=1S/C15H15ClFNO2/c1-19-13-6-5-11(15(20-2)14(13)16)10-4-3-9(8-18)7-12(10)17/h3-7H,8,18H2,1-2H3. The largest absolute Gasteiger partial charge is 0.495 e. The normalized spacial score (nSPS) is 10.4. The molecule has 0 amide bonds. The molecule has 2 N–H and O–H groups in total. The van der Waals surface area contributed by atoms with Crippen LogP contribution >= 0.6 is 11.6 Å². The second kappa shape index (κ2) is 6.11. The van der Waals surface area contributed by atoms with Crippen molar-refractivity contribution >= 4 is 11.6 Å². The first-order chi connectivity index (χ1) is 9.62. The number of benzene rings is 2. The number of hydrogen-bond acceptors (Lipinski definition) is 3. The van der Waals surface area contributed by atoms with Crippen LogP contribution in [0, 0.1) is 5.82 Å². The molecule has 0 aliphatic carbocycles. The lowest BCUT2D eigenvalue weighted by Gasteiger charge is -2.14. The van der Waals surface area contributed by atoms with Gasteiger partial charge < -0.3 is 15.2 Å². The van der Waals surface area contributed by atoms with Crippen molar-refractivity contribution in [3.8, 4) is 22.6 Å². The van der Waals surface area contributed by atoms with Gasteiger partial charge in [-0.2, -0.15) is 0 Å². The van der Waals surface area contributed by atoms with Gasteiger partial charge >= 0.3 is 0 Å². The Kier molecular flexibility index (Phi) is 4.47. The SMILES string of the molecule is COc1ccc(-c2ccc(CN)cc2F)c(OC)c1Cl. The van der Waals surface area contributed by atoms with Crippen LogP contribution in [0.15, 0.2) is 30.3 Å². The zero-order valence-electron chi connectivity index (χ0n) is 11.2. The van der Waals surface area contributed by atoms with Crippen molar-refractivity contribution in [3.05, 3.63) is 46.7 Å². The molecule has 0 fully saturated rings. The van der Waals surface area contributed by atoms with E-state index in [1.807, 2.05) is 0 Å². The van der Waals surface area contributed by atoms with Crippen LogP contribution < -0.4 is 15.2 Å². The molecule has 0 radical (unpaired) electrons. The van der Waals surface area contributed by atoms with E-state index in [9.17, 15) is 4.39 Å². The smallest absolute Gasteiger partial charge is 0.149 e. The van der Waals surface area contributed by atoms with E-state index in [4.69, 9.17) is 26.8 Å². The van der Waals surface area contributed by atoms with Gasteiger partial charge in [0.2, 0.25) is 0 Å². The summed E-state index contributed by atoms with van der Waals surface area (Å²) < 4.78 is 24.6. The minimum Gasteiger partial charge on any atom is -0.495 e. The highest BCUT2D eigenvalue weighted by Gasteiger charge is 2.17. The molecule has 20 heavy (non-hydrogen) atoms. The van der Waals surface area contributed by atoms with Crippen molar-refractivity contribution in [1.29, 1.82) is 0 Å². The highest BCUT2D eigenvalue weighted by Crippen LogP contribution is 2.42. The van der Waals surface area contributed by atoms with E-state index in [0.29, 0.717) is 27.6 Å². The molecule has 0 aliphatic rings. The Bertz CT molecular complexity index is 632. The van der Waals surface area contributed by atoms with E-state index < -0.39 is 0 Å². The maximum Gasteiger partial charge on any atom is 0.149 e. The first-order valence-electron chi connectivity index (χ1n) is 6.01. The number of ether oxygens (including phenoxy) is 2. The maximum absolute atomic E-state index is 14.2. The minimum absolute atomic E-state index is 0.289. The van der Waals surface area contributed by atoms with E-state index in [0.717, 1.165) is 5.56 Å². The summed E-state index contributed by atoms with van der Waals surface area (Å²) in [5, 5.41) is 0.315. The maximum atomic E-state index is 14.2. The number of halogens is 2. The Morgan fingerprint density at radius 3 is 2.35 bits per heavy atom. The molecule has 0 saturated carbocycles. The van der Waals surface area contributed by atoms with Gasteiger partial charge in [0.15, 0.2) is 0 Å². The Labute approximate surface area is 122 Å². The van der Waals surface area contributed by atoms with Crippen molar-refractivity contribution in [2.75, 3.05) is 14.2 Å². The summed E-state index contributed by atoms with van der Waals surface area (Å²) in [5.41, 5.74) is 7.20. The predicted octanol–water partition coefficient (Wildman–Crippen LogP) is 3.62. The van der Waals surface area contributed by atoms with E-state index in [1.165, 1.54) is 20.3 Å². The van der Waals surface area contributed by atoms with Crippen molar-refractivity contribution in [2.24, 2.45) is 5.73 Å². The molecule has 0 bridgehead atoms. The predicted molar refractivity (Wildman–Crippen MR) is 77.8 cm³/mol. The lowest BCUT2D eigenvalue weighted by molar-refractivity contribution is 0.395. The first-order valence-corrected chi connectivity index (χ1v) is 6.39. The van der Waals surface area contributed by atoms with Gasteiger partial charge in [0, 0.05) is 17.7 Å². The molecule has 2 aromatic carbocycles. The minimum atomic E-state index is -0.368. The van der Waals surface area contributed by atoms with Crippen LogP contribution in [-0.2, 0) is 6.54 Å². The summed E-state index contributed by atoms with van der Waals surface area (Å²) in [6.45, 7) is 0.289. The lowest BCUT2D eigenvalue weighted by atomic mass is 10.0. The summed E-state index contributed by atoms with van der Waals surface area (Å²) in [4.78, 5) is 0. The summed E-state index contributed by atoms with van der Waals surface area (Å²) in [6, 6.07) is 8.24. The van der Waals surface area contributed by atoms with E-state index in [-0.39, 0.29) is 12.4 Å². The van der Waals surface area contributed by atoms with Crippen molar-refractivity contribution in [3.63, 3.8) is 0 Å². The van der Waals surface area contributed by atoms with Crippen molar-refractivity contribution in [2.45, 2.75) is 6.54 Å². The third-order valence-corrected chi connectivity index (χ3v) is 3.40. The second-order valence-corrected chi connectivity index (χ2v) is 4.56. The molecule has 0 aliphatic heterocycles. The number of hydrogen-bond donors (Lipinski definition) is 1. The lowest BCUT2D eigenvalue weighted by Crippen LogP contribution is -1.98. The van der Waals surface area contributed by atoms with Gasteiger partial charge in [0.05, 0.1) is 14.2 Å². The van der Waals surface area contributed by atoms with Gasteiger partial charge in [-0.15, -0.1) is 0 Å². The molecule has 0 heterocycles. The van der Waals surface area contributed by atoms with E-state index in [1.54, 1.807) is 24.3 Å². The Morgan fingerprint density at radius 1 is 1.10 bits per heavy atom. The molecule has 0 atom stereocenters. The van der Waals surface area contributed by atoms with Gasteiger partial charge in [-0.25, -0.2) is 4.39 Å². The van der Waals surface area contributed by atoms with Gasteiger partial charge in [0.1, 0.15) is 22.3 Å². The summed E-state index contributed by atoms with van der Waals surface area (Å²) in [5.74, 6) is 0.490. The molecule has 5 heteroatoms. The van der Waals surface area contributed by atoms with E-state index >= 15 is 0 Å². The fraction of sp³-hybridized carbons (Fsp3) is 0.200. The Balaban J connectivity index is 2.61. The Morgan fingerprint density at radius 2 is 1.80 bits per heavy atom. The highest BCUT2D eigenvalue weighted by atomic mass is 35.5. The van der Waals surface area contributed by atoms with Crippen molar-refractivity contribution < 1.29 is 13.9 Å². The molecule has 0 aromatic heterocycles. The fourth-order valence-corrected chi connectivity index (χ4v) is 2.33. The molecular weight excluding hydrogens is 281 g/mol. The molecule has 0 saturated heterocycles. The number of methoxy groups -OCH3 is 2. The quantitative estimate of drug-likeness (QED) is 0.937. The van der Waals surface area contributed by atoms with Crippen LogP contribution in [0.2, 0.25) is 5.02 Å². The zero-order chi connectivity index (χ0) is 14.7. The van der Waals surface area contributed by atoms with E-state index in [2.05, 4.69) is 0 Å². The first kappa shape index (κ1) is 14.6. The highest BCUT2D eigenvalue weighted by molar-refractivity contribution is 6.34. The molecule has 0 spiro atoms. The van der Waals surface area contributed by atoms with Crippen molar-refractivity contribution in [1.82, 2.24) is 0 Å². The fourth-order valence-electron chi connectivity index (χ4n) is 2.01. The molecule has 2 aromatic rings. The third kappa shape index (κ3) is 2.57. The van der Waals surface area contributed by atoms with Crippen LogP contribution in [0.3, 0.4) is 0 Å². The van der Waals surface area contributed by atoms with Gasteiger partial charge in [-0.05, 0) is 23.8 Å². The molecular formula is C15H15ClFNO2. The van der Waals surface area contributed by atoms with Crippen LogP contribution in [0.4, 0.5) is 4.39 Å². The van der Waals surface area contributed by atoms with Gasteiger partial charge in [0.25, 0.3) is 0 Å². The summed E-state index contributed by atoms with van der Waals surface area (Å²) >= 11 is 6.18. The number of rotatable bonds is 4. The Hall–Kier alpha value is -1.78. The monoisotopic (exact) mass is 295 g/mol. The second-order valence-electron chi connectivity index (χ2n) is 4.18. The molecule has 2 rings (SSSR count). The number of nitrogens with two attached hydrogens (primary N) is 1. The summed E-state index contributed by atoms with van der Waals surface area (Å²) in [7, 11) is 2.99. The van der Waals surface area contributed by atoms with Crippen LogP contribution in [-0.4, -0.2) is 14.2 Å². The molecule has 0 unspecified atom stereocenters. The molecule has 3 nitrogen and oxygen atoms in total. The average molecular weight is 296 g/mol. The van der Waals surface area contributed by atoms with Gasteiger partial charge in [-0.3, -0.25) is 0 Å². The average Bonchev–Trinajstić information content (AvgIpc) is 2.46. The topological polar surface area (TPSA) is 44.5 Å². The summed E-state index contributed by atoms with van der Waals surface area (Å²) in [6.07, 6.45) is 0. The third-order valence-electron chi connectivity index (χ3n) is 3.05. The molecule has 106 valence electrons. The van der Waals surface area contributed by atoms with Crippen LogP contribution in [0.5, 0.6) is 11.5 Å². The zero-order valence-corrected chi connectivity index (χ0v) is 12.0. The van der Waals surface area contributed by atoms with Gasteiger partial charge in [-0.1, -0.05) is 23.7 Å². The van der Waals surface area contributed by atoms with Crippen LogP contribution in [0.1, 0.15) is 5.56 Å².